The van der Waals surface area contributed by atoms with E-state index in [-0.39, 0.29) is 0 Å². The second-order valence-corrected chi connectivity index (χ2v) is 5.60. The van der Waals surface area contributed by atoms with Crippen molar-refractivity contribution in [1.82, 2.24) is 14.6 Å². The summed E-state index contributed by atoms with van der Waals surface area (Å²) in [6, 6.07) is 10.4. The average Bonchev–Trinajstić information content (AvgIpc) is 2.69. The predicted octanol–water partition coefficient (Wildman–Crippen LogP) is 4.08. The molecule has 19 heavy (non-hydrogen) atoms. The normalized spacial score (nSPS) is 11.2. The number of fused-ring (bicyclic) bond motifs is 1. The van der Waals surface area contributed by atoms with Crippen molar-refractivity contribution in [1.29, 1.82) is 0 Å². The highest BCUT2D eigenvalue weighted by atomic mass is 79.9. The highest BCUT2D eigenvalue weighted by Crippen LogP contribution is 2.30. The zero-order valence-corrected chi connectivity index (χ0v) is 12.7. The third-order valence-corrected chi connectivity index (χ3v) is 3.89. The molecule has 3 nitrogen and oxygen atoms in total. The topological polar surface area (TPSA) is 30.2 Å². The summed E-state index contributed by atoms with van der Waals surface area (Å²) >= 11 is 3.63. The highest BCUT2D eigenvalue weighted by molar-refractivity contribution is 9.10. The summed E-state index contributed by atoms with van der Waals surface area (Å²) in [6.45, 7) is 6.12. The van der Waals surface area contributed by atoms with E-state index in [4.69, 9.17) is 0 Å². The van der Waals surface area contributed by atoms with Crippen LogP contribution in [0.3, 0.4) is 0 Å². The first-order chi connectivity index (χ1) is 9.06. The molecule has 0 N–H and O–H groups in total. The van der Waals surface area contributed by atoms with Crippen molar-refractivity contribution in [2.45, 2.75) is 20.8 Å². The molecule has 0 fully saturated rings. The first kappa shape index (κ1) is 12.4. The molecule has 0 amide bonds. The monoisotopic (exact) mass is 315 g/mol. The molecule has 0 saturated heterocycles. The van der Waals surface area contributed by atoms with Crippen LogP contribution in [0.4, 0.5) is 0 Å². The minimum absolute atomic E-state index is 0.869. The zero-order chi connectivity index (χ0) is 13.6. The van der Waals surface area contributed by atoms with Crippen LogP contribution in [0.25, 0.3) is 16.9 Å². The lowest BCUT2D eigenvalue weighted by Gasteiger charge is -1.99. The molecule has 0 radical (unpaired) electrons. The largest absolute Gasteiger partial charge is 0.233 e. The van der Waals surface area contributed by atoms with Gasteiger partial charge in [0.15, 0.2) is 5.65 Å². The lowest BCUT2D eigenvalue weighted by Crippen LogP contribution is -1.97. The van der Waals surface area contributed by atoms with Crippen LogP contribution in [0.15, 0.2) is 34.8 Å². The minimum Gasteiger partial charge on any atom is -0.233 e. The van der Waals surface area contributed by atoms with Gasteiger partial charge < -0.3 is 0 Å². The van der Waals surface area contributed by atoms with E-state index in [1.165, 1.54) is 5.56 Å². The molecule has 0 unspecified atom stereocenters. The molecule has 1 aromatic carbocycles. The summed E-state index contributed by atoms with van der Waals surface area (Å²) < 4.78 is 2.83. The zero-order valence-electron chi connectivity index (χ0n) is 11.1. The summed E-state index contributed by atoms with van der Waals surface area (Å²) in [5.74, 6) is 0. The molecule has 4 heteroatoms. The van der Waals surface area contributed by atoms with Crippen LogP contribution in [0.1, 0.15) is 17.0 Å². The quantitative estimate of drug-likeness (QED) is 0.677. The van der Waals surface area contributed by atoms with Crippen LogP contribution in [0, 0.1) is 20.8 Å². The Morgan fingerprint density at radius 2 is 1.74 bits per heavy atom. The van der Waals surface area contributed by atoms with Crippen LogP contribution in [0.2, 0.25) is 0 Å². The molecule has 2 heterocycles. The van der Waals surface area contributed by atoms with Crippen LogP contribution in [-0.2, 0) is 0 Å². The van der Waals surface area contributed by atoms with Crippen molar-refractivity contribution < 1.29 is 0 Å². The second kappa shape index (κ2) is 4.46. The van der Waals surface area contributed by atoms with Gasteiger partial charge in [-0.2, -0.15) is 5.10 Å². The molecule has 3 rings (SSSR count). The van der Waals surface area contributed by atoms with E-state index in [9.17, 15) is 0 Å². The van der Waals surface area contributed by atoms with Crippen molar-refractivity contribution in [3.63, 3.8) is 0 Å². The third-order valence-electron chi connectivity index (χ3n) is 3.16. The van der Waals surface area contributed by atoms with Gasteiger partial charge in [0.1, 0.15) is 5.69 Å². The summed E-state index contributed by atoms with van der Waals surface area (Å²) in [4.78, 5) is 4.55. The predicted molar refractivity (Wildman–Crippen MR) is 80.3 cm³/mol. The van der Waals surface area contributed by atoms with Gasteiger partial charge in [-0.25, -0.2) is 9.50 Å². The number of aryl methyl sites for hydroxylation is 3. The molecule has 0 atom stereocenters. The lowest BCUT2D eigenvalue weighted by molar-refractivity contribution is 0.889. The van der Waals surface area contributed by atoms with E-state index >= 15 is 0 Å². The van der Waals surface area contributed by atoms with E-state index in [0.717, 1.165) is 32.8 Å². The first-order valence-electron chi connectivity index (χ1n) is 6.16. The Morgan fingerprint density at radius 3 is 2.42 bits per heavy atom. The van der Waals surface area contributed by atoms with Gasteiger partial charge in [-0.1, -0.05) is 29.8 Å². The molecule has 0 aliphatic heterocycles. The van der Waals surface area contributed by atoms with E-state index in [0.29, 0.717) is 0 Å². The number of nitrogens with zero attached hydrogens (tertiary/aromatic N) is 3. The highest BCUT2D eigenvalue weighted by Gasteiger charge is 2.14. The number of rotatable bonds is 1. The van der Waals surface area contributed by atoms with Crippen molar-refractivity contribution in [2.24, 2.45) is 0 Å². The van der Waals surface area contributed by atoms with Gasteiger partial charge in [-0.15, -0.1) is 0 Å². The van der Waals surface area contributed by atoms with Crippen LogP contribution in [0.5, 0.6) is 0 Å². The molecule has 0 aliphatic rings. The van der Waals surface area contributed by atoms with Crippen LogP contribution >= 0.6 is 15.9 Å². The SMILES string of the molecule is Cc1ccc(-c2nn3c(C)cc(C)nc3c2Br)cc1. The summed E-state index contributed by atoms with van der Waals surface area (Å²) in [5, 5.41) is 4.66. The Hall–Kier alpha value is -1.68. The van der Waals surface area contributed by atoms with Gasteiger partial charge >= 0.3 is 0 Å². The van der Waals surface area contributed by atoms with Gasteiger partial charge in [0.25, 0.3) is 0 Å². The molecule has 0 bridgehead atoms. The van der Waals surface area contributed by atoms with E-state index in [2.05, 4.69) is 57.2 Å². The number of hydrogen-bond donors (Lipinski definition) is 0. The van der Waals surface area contributed by atoms with E-state index in [1.54, 1.807) is 0 Å². The van der Waals surface area contributed by atoms with Gasteiger partial charge in [0.05, 0.1) is 4.47 Å². The van der Waals surface area contributed by atoms with Crippen molar-refractivity contribution in [2.75, 3.05) is 0 Å². The Bertz CT molecular complexity index is 757. The summed E-state index contributed by atoms with van der Waals surface area (Å²) in [7, 11) is 0. The average molecular weight is 316 g/mol. The third kappa shape index (κ3) is 2.06. The number of hydrogen-bond acceptors (Lipinski definition) is 2. The number of halogens is 1. The maximum absolute atomic E-state index is 4.66. The molecular formula is C15H14BrN3. The maximum atomic E-state index is 4.66. The fraction of sp³-hybridized carbons (Fsp3) is 0.200. The molecule has 96 valence electrons. The summed E-state index contributed by atoms with van der Waals surface area (Å²) in [5.41, 5.74) is 6.23. The maximum Gasteiger partial charge on any atom is 0.170 e. The van der Waals surface area contributed by atoms with Crippen molar-refractivity contribution in [3.8, 4) is 11.3 Å². The molecule has 0 aliphatic carbocycles. The standard InChI is InChI=1S/C15H14BrN3/c1-9-4-6-12(7-5-9)14-13(16)15-17-10(2)8-11(3)19(15)18-14/h4-8H,1-3H3. The van der Waals surface area contributed by atoms with Gasteiger partial charge in [-0.05, 0) is 42.8 Å². The van der Waals surface area contributed by atoms with Crippen molar-refractivity contribution >= 4 is 21.6 Å². The smallest absolute Gasteiger partial charge is 0.170 e. The first-order valence-corrected chi connectivity index (χ1v) is 6.95. The molecule has 2 aromatic heterocycles. The molecule has 0 spiro atoms. The lowest BCUT2D eigenvalue weighted by atomic mass is 10.1. The summed E-state index contributed by atoms with van der Waals surface area (Å²) in [6.07, 6.45) is 0. The Morgan fingerprint density at radius 1 is 1.05 bits per heavy atom. The Labute approximate surface area is 120 Å². The molecule has 3 aromatic rings. The Balaban J connectivity index is 2.28. The van der Waals surface area contributed by atoms with Crippen LogP contribution < -0.4 is 0 Å². The van der Waals surface area contributed by atoms with E-state index < -0.39 is 0 Å². The molecule has 0 saturated carbocycles. The Kier molecular flexibility index (Phi) is 2.90. The second-order valence-electron chi connectivity index (χ2n) is 4.80. The minimum atomic E-state index is 0.869. The fourth-order valence-corrected chi connectivity index (χ4v) is 2.76. The van der Waals surface area contributed by atoms with E-state index in [1.807, 2.05) is 24.4 Å². The number of aromatic nitrogens is 3. The van der Waals surface area contributed by atoms with Gasteiger partial charge in [-0.3, -0.25) is 0 Å². The van der Waals surface area contributed by atoms with Crippen molar-refractivity contribution in [3.05, 3.63) is 51.8 Å². The van der Waals surface area contributed by atoms with Gasteiger partial charge in [0, 0.05) is 17.0 Å². The van der Waals surface area contributed by atoms with Gasteiger partial charge in [0.2, 0.25) is 0 Å². The molecular weight excluding hydrogens is 302 g/mol. The fourth-order valence-electron chi connectivity index (χ4n) is 2.19. The van der Waals surface area contributed by atoms with Crippen LogP contribution in [-0.4, -0.2) is 14.6 Å². The number of benzene rings is 1.